The second-order valence-electron chi connectivity index (χ2n) is 7.40. The topological polar surface area (TPSA) is 64.7 Å². The van der Waals surface area contributed by atoms with Gasteiger partial charge in [-0.05, 0) is 61.3 Å². The maximum Gasteiger partial charge on any atom is 0.229 e. The summed E-state index contributed by atoms with van der Waals surface area (Å²) in [5.74, 6) is -0.306. The lowest BCUT2D eigenvalue weighted by Gasteiger charge is -2.14. The number of rotatable bonds is 6. The number of benzene rings is 1. The molecule has 2 heterocycles. The number of aryl methyl sites for hydroxylation is 2. The molecule has 1 N–H and O–H groups in total. The Hall–Kier alpha value is -2.12. The second kappa shape index (κ2) is 8.71. The molecule has 8 heteroatoms. The summed E-state index contributed by atoms with van der Waals surface area (Å²) in [5.41, 5.74) is 5.53. The Morgan fingerprint density at radius 2 is 1.83 bits per heavy atom. The first-order valence-electron chi connectivity index (χ1n) is 9.46. The summed E-state index contributed by atoms with van der Waals surface area (Å²) in [5, 5.41) is 12.6. The molecular formula is C21H25BrClN5O. The van der Waals surface area contributed by atoms with Crippen molar-refractivity contribution in [1.82, 2.24) is 19.6 Å². The van der Waals surface area contributed by atoms with Crippen molar-refractivity contribution >= 4 is 39.1 Å². The Balaban J connectivity index is 1.68. The number of nitrogens with one attached hydrogen (secondary N) is 1. The van der Waals surface area contributed by atoms with E-state index in [0.29, 0.717) is 18.1 Å². The van der Waals surface area contributed by atoms with E-state index >= 15 is 0 Å². The largest absolute Gasteiger partial charge is 0.326 e. The monoisotopic (exact) mass is 477 g/mol. The van der Waals surface area contributed by atoms with Gasteiger partial charge in [0.15, 0.2) is 0 Å². The molecule has 0 radical (unpaired) electrons. The predicted molar refractivity (Wildman–Crippen MR) is 119 cm³/mol. The number of hydrogen-bond acceptors (Lipinski definition) is 3. The Labute approximate surface area is 184 Å². The fourth-order valence-corrected chi connectivity index (χ4v) is 3.63. The highest BCUT2D eigenvalue weighted by atomic mass is 79.9. The van der Waals surface area contributed by atoms with Crippen molar-refractivity contribution in [1.29, 1.82) is 0 Å². The SMILES string of the molecule is Cc1nn(CC(C)C(=O)Nc2cccc(Cn3nc(C)c(Br)c3C)c2)c(C)c1Cl. The first kappa shape index (κ1) is 21.6. The summed E-state index contributed by atoms with van der Waals surface area (Å²) in [7, 11) is 0. The molecular weight excluding hydrogens is 454 g/mol. The zero-order chi connectivity index (χ0) is 21.3. The third-order valence-corrected chi connectivity index (χ3v) is 6.70. The van der Waals surface area contributed by atoms with Gasteiger partial charge >= 0.3 is 0 Å². The maximum atomic E-state index is 12.7. The number of nitrogens with zero attached hydrogens (tertiary/aromatic N) is 4. The fourth-order valence-electron chi connectivity index (χ4n) is 3.21. The van der Waals surface area contributed by atoms with E-state index in [-0.39, 0.29) is 11.8 Å². The van der Waals surface area contributed by atoms with Gasteiger partial charge < -0.3 is 5.32 Å². The van der Waals surface area contributed by atoms with Crippen molar-refractivity contribution in [2.24, 2.45) is 5.92 Å². The molecule has 1 unspecified atom stereocenters. The number of halogens is 2. The summed E-state index contributed by atoms with van der Waals surface area (Å²) in [6.07, 6.45) is 0. The van der Waals surface area contributed by atoms with Gasteiger partial charge in [-0.25, -0.2) is 0 Å². The van der Waals surface area contributed by atoms with Crippen LogP contribution in [0, 0.1) is 33.6 Å². The highest BCUT2D eigenvalue weighted by Gasteiger charge is 2.18. The summed E-state index contributed by atoms with van der Waals surface area (Å²) in [6, 6.07) is 7.85. The summed E-state index contributed by atoms with van der Waals surface area (Å²) in [4.78, 5) is 12.7. The molecule has 0 spiro atoms. The minimum atomic E-state index is -0.250. The molecule has 3 aromatic rings. The van der Waals surface area contributed by atoms with Gasteiger partial charge in [0.25, 0.3) is 0 Å². The molecule has 0 aliphatic carbocycles. The Morgan fingerprint density at radius 3 is 2.41 bits per heavy atom. The van der Waals surface area contributed by atoms with Crippen LogP contribution in [0.1, 0.15) is 35.3 Å². The van der Waals surface area contributed by atoms with Crippen molar-refractivity contribution in [3.8, 4) is 0 Å². The smallest absolute Gasteiger partial charge is 0.229 e. The summed E-state index contributed by atoms with van der Waals surface area (Å²) < 4.78 is 4.77. The van der Waals surface area contributed by atoms with Crippen LogP contribution in [0.5, 0.6) is 0 Å². The molecule has 0 bridgehead atoms. The van der Waals surface area contributed by atoms with E-state index in [9.17, 15) is 4.79 Å². The van der Waals surface area contributed by atoms with E-state index in [1.807, 2.05) is 63.6 Å². The van der Waals surface area contributed by atoms with Crippen LogP contribution in [-0.4, -0.2) is 25.5 Å². The Kier molecular flexibility index (Phi) is 6.49. The van der Waals surface area contributed by atoms with Crippen LogP contribution in [0.25, 0.3) is 0 Å². The molecule has 0 fully saturated rings. The summed E-state index contributed by atoms with van der Waals surface area (Å²) in [6.45, 7) is 10.8. The first-order chi connectivity index (χ1) is 13.7. The lowest BCUT2D eigenvalue weighted by Crippen LogP contribution is -2.25. The van der Waals surface area contributed by atoms with Crippen LogP contribution in [-0.2, 0) is 17.9 Å². The van der Waals surface area contributed by atoms with Crippen molar-refractivity contribution < 1.29 is 4.79 Å². The van der Waals surface area contributed by atoms with Gasteiger partial charge in [0.2, 0.25) is 5.91 Å². The molecule has 1 aromatic carbocycles. The number of aromatic nitrogens is 4. The quantitative estimate of drug-likeness (QED) is 0.539. The minimum Gasteiger partial charge on any atom is -0.326 e. The van der Waals surface area contributed by atoms with Gasteiger partial charge in [0.05, 0.1) is 51.3 Å². The third-order valence-electron chi connectivity index (χ3n) is 5.01. The fraction of sp³-hybridized carbons (Fsp3) is 0.381. The van der Waals surface area contributed by atoms with E-state index in [1.54, 1.807) is 4.68 Å². The van der Waals surface area contributed by atoms with Crippen molar-refractivity contribution in [2.45, 2.75) is 47.7 Å². The molecule has 29 heavy (non-hydrogen) atoms. The number of carbonyl (C=O) groups excluding carboxylic acids is 1. The van der Waals surface area contributed by atoms with E-state index in [4.69, 9.17) is 11.6 Å². The lowest BCUT2D eigenvalue weighted by molar-refractivity contribution is -0.119. The van der Waals surface area contributed by atoms with Crippen LogP contribution in [0.3, 0.4) is 0 Å². The van der Waals surface area contributed by atoms with Gasteiger partial charge in [-0.1, -0.05) is 30.7 Å². The average Bonchev–Trinajstić information content (AvgIpc) is 3.06. The third kappa shape index (κ3) is 4.73. The molecule has 0 aliphatic heterocycles. The molecule has 1 atom stereocenters. The van der Waals surface area contributed by atoms with E-state index < -0.39 is 0 Å². The molecule has 154 valence electrons. The highest BCUT2D eigenvalue weighted by Crippen LogP contribution is 2.22. The molecule has 0 aliphatic rings. The van der Waals surface area contributed by atoms with Gasteiger partial charge in [0.1, 0.15) is 0 Å². The minimum absolute atomic E-state index is 0.0558. The van der Waals surface area contributed by atoms with Gasteiger partial charge in [-0.15, -0.1) is 0 Å². The van der Waals surface area contributed by atoms with Crippen LogP contribution in [0.15, 0.2) is 28.7 Å². The van der Waals surface area contributed by atoms with Crippen molar-refractivity contribution in [3.63, 3.8) is 0 Å². The molecule has 6 nitrogen and oxygen atoms in total. The normalized spacial score (nSPS) is 12.2. The van der Waals surface area contributed by atoms with E-state index in [2.05, 4.69) is 31.4 Å². The molecule has 2 aromatic heterocycles. The van der Waals surface area contributed by atoms with Gasteiger partial charge in [-0.2, -0.15) is 10.2 Å². The maximum absolute atomic E-state index is 12.7. The predicted octanol–water partition coefficient (Wildman–Crippen LogP) is 5.05. The van der Waals surface area contributed by atoms with E-state index in [1.165, 1.54) is 0 Å². The molecule has 0 saturated carbocycles. The number of carbonyl (C=O) groups is 1. The zero-order valence-electron chi connectivity index (χ0n) is 17.3. The van der Waals surface area contributed by atoms with Crippen LogP contribution < -0.4 is 5.32 Å². The van der Waals surface area contributed by atoms with Crippen molar-refractivity contribution in [3.05, 3.63) is 62.1 Å². The van der Waals surface area contributed by atoms with Gasteiger partial charge in [-0.3, -0.25) is 14.2 Å². The van der Waals surface area contributed by atoms with Crippen LogP contribution >= 0.6 is 27.5 Å². The number of hydrogen-bond donors (Lipinski definition) is 1. The van der Waals surface area contributed by atoms with E-state index in [0.717, 1.165) is 38.5 Å². The molecule has 1 amide bonds. The average molecular weight is 479 g/mol. The number of anilines is 1. The van der Waals surface area contributed by atoms with Crippen molar-refractivity contribution in [2.75, 3.05) is 5.32 Å². The van der Waals surface area contributed by atoms with Crippen LogP contribution in [0.4, 0.5) is 5.69 Å². The number of amides is 1. The highest BCUT2D eigenvalue weighted by molar-refractivity contribution is 9.10. The Morgan fingerprint density at radius 1 is 1.14 bits per heavy atom. The zero-order valence-corrected chi connectivity index (χ0v) is 19.6. The molecule has 3 rings (SSSR count). The second-order valence-corrected chi connectivity index (χ2v) is 8.57. The Bertz CT molecular complexity index is 1060. The van der Waals surface area contributed by atoms with Crippen LogP contribution in [0.2, 0.25) is 5.02 Å². The standard InChI is InChI=1S/C21H25BrClN5O/c1-12(10-27-16(5)20(23)14(3)26-27)21(29)24-18-8-6-7-17(9-18)11-28-15(4)19(22)13(2)25-28/h6-9,12H,10-11H2,1-5H3,(H,24,29). The summed E-state index contributed by atoms with van der Waals surface area (Å²) >= 11 is 9.76. The molecule has 0 saturated heterocycles. The first-order valence-corrected chi connectivity index (χ1v) is 10.6. The van der Waals surface area contributed by atoms with Gasteiger partial charge in [0, 0.05) is 5.69 Å². The lowest BCUT2D eigenvalue weighted by atomic mass is 10.1.